The maximum Gasteiger partial charge on any atom is 0.254 e. The van der Waals surface area contributed by atoms with E-state index in [4.69, 9.17) is 5.73 Å². The molecule has 4 nitrogen and oxygen atoms in total. The minimum Gasteiger partial charge on any atom is -0.384 e. The first-order valence-electron chi connectivity index (χ1n) is 6.97. The fourth-order valence-corrected chi connectivity index (χ4v) is 2.74. The standard InChI is InChI=1S/C15H23N3O/c1-9(2)13-6-12(7-14(16)17-13)15(19)18-8-10(3)5-11(18)4/h6-7,9-11H,5,8H2,1-4H3,(H2,16,17). The van der Waals surface area contributed by atoms with E-state index in [1.807, 2.05) is 11.0 Å². The van der Waals surface area contributed by atoms with E-state index in [2.05, 4.69) is 32.7 Å². The van der Waals surface area contributed by atoms with Crippen molar-refractivity contribution >= 4 is 11.7 Å². The minimum absolute atomic E-state index is 0.0767. The molecule has 2 atom stereocenters. The van der Waals surface area contributed by atoms with Crippen molar-refractivity contribution in [2.45, 2.75) is 46.1 Å². The van der Waals surface area contributed by atoms with Crippen LogP contribution in [0.5, 0.6) is 0 Å². The molecule has 2 heterocycles. The first-order chi connectivity index (χ1) is 8.88. The van der Waals surface area contributed by atoms with Gasteiger partial charge in [-0.15, -0.1) is 0 Å². The maximum atomic E-state index is 12.6. The average Bonchev–Trinajstić information content (AvgIpc) is 2.66. The Bertz CT molecular complexity index is 484. The number of nitrogens with two attached hydrogens (primary N) is 1. The SMILES string of the molecule is CC1CC(C)N(C(=O)c2cc(N)nc(C(C)C)c2)C1. The van der Waals surface area contributed by atoms with Crippen LogP contribution in [0.2, 0.25) is 0 Å². The molecule has 1 aliphatic rings. The summed E-state index contributed by atoms with van der Waals surface area (Å²) in [5.74, 6) is 1.34. The summed E-state index contributed by atoms with van der Waals surface area (Å²) in [6, 6.07) is 3.86. The molecule has 1 amide bonds. The molecule has 104 valence electrons. The molecule has 1 saturated heterocycles. The zero-order valence-corrected chi connectivity index (χ0v) is 12.2. The molecule has 1 aliphatic heterocycles. The summed E-state index contributed by atoms with van der Waals surface area (Å²) in [5.41, 5.74) is 7.36. The highest BCUT2D eigenvalue weighted by molar-refractivity contribution is 5.95. The first kappa shape index (κ1) is 13.8. The van der Waals surface area contributed by atoms with Crippen molar-refractivity contribution in [3.63, 3.8) is 0 Å². The predicted octanol–water partition coefficient (Wildman–Crippen LogP) is 2.66. The number of carbonyl (C=O) groups is 1. The number of rotatable bonds is 2. The monoisotopic (exact) mass is 261 g/mol. The Morgan fingerprint density at radius 1 is 1.42 bits per heavy atom. The highest BCUT2D eigenvalue weighted by Crippen LogP contribution is 2.25. The van der Waals surface area contributed by atoms with Gasteiger partial charge in [-0.3, -0.25) is 4.79 Å². The number of amides is 1. The molecular weight excluding hydrogens is 238 g/mol. The summed E-state index contributed by atoms with van der Waals surface area (Å²) in [6.07, 6.45) is 1.07. The molecule has 1 aromatic rings. The summed E-state index contributed by atoms with van der Waals surface area (Å²) < 4.78 is 0. The number of anilines is 1. The molecule has 2 N–H and O–H groups in total. The lowest BCUT2D eigenvalue weighted by molar-refractivity contribution is 0.0743. The summed E-state index contributed by atoms with van der Waals surface area (Å²) in [7, 11) is 0. The lowest BCUT2D eigenvalue weighted by atomic mass is 10.1. The number of aromatic nitrogens is 1. The number of hydrogen-bond acceptors (Lipinski definition) is 3. The van der Waals surface area contributed by atoms with Gasteiger partial charge in [0.05, 0.1) is 0 Å². The molecule has 0 aromatic carbocycles. The Hall–Kier alpha value is -1.58. The third-order valence-electron chi connectivity index (χ3n) is 3.75. The quantitative estimate of drug-likeness (QED) is 0.890. The van der Waals surface area contributed by atoms with Crippen LogP contribution in [-0.4, -0.2) is 28.4 Å². The summed E-state index contributed by atoms with van der Waals surface area (Å²) in [5, 5.41) is 0. The summed E-state index contributed by atoms with van der Waals surface area (Å²) in [4.78, 5) is 18.8. The van der Waals surface area contributed by atoms with Crippen LogP contribution in [0.15, 0.2) is 12.1 Å². The Morgan fingerprint density at radius 3 is 2.63 bits per heavy atom. The van der Waals surface area contributed by atoms with Crippen LogP contribution < -0.4 is 5.73 Å². The first-order valence-corrected chi connectivity index (χ1v) is 6.97. The zero-order chi connectivity index (χ0) is 14.2. The number of likely N-dealkylation sites (tertiary alicyclic amines) is 1. The Morgan fingerprint density at radius 2 is 2.11 bits per heavy atom. The van der Waals surface area contributed by atoms with Gasteiger partial charge in [-0.25, -0.2) is 4.98 Å². The normalized spacial score (nSPS) is 23.1. The van der Waals surface area contributed by atoms with Crippen LogP contribution in [-0.2, 0) is 0 Å². The lowest BCUT2D eigenvalue weighted by Crippen LogP contribution is -2.34. The van der Waals surface area contributed by atoms with Gasteiger partial charge in [-0.1, -0.05) is 20.8 Å². The molecule has 2 rings (SSSR count). The van der Waals surface area contributed by atoms with Crippen molar-refractivity contribution in [1.82, 2.24) is 9.88 Å². The molecule has 19 heavy (non-hydrogen) atoms. The highest BCUT2D eigenvalue weighted by atomic mass is 16.2. The summed E-state index contributed by atoms with van der Waals surface area (Å²) >= 11 is 0. The number of pyridine rings is 1. The highest BCUT2D eigenvalue weighted by Gasteiger charge is 2.30. The van der Waals surface area contributed by atoms with E-state index in [0.717, 1.165) is 18.7 Å². The van der Waals surface area contributed by atoms with Gasteiger partial charge in [0, 0.05) is 23.8 Å². The zero-order valence-electron chi connectivity index (χ0n) is 12.2. The van der Waals surface area contributed by atoms with E-state index in [1.165, 1.54) is 0 Å². The van der Waals surface area contributed by atoms with Crippen molar-refractivity contribution < 1.29 is 4.79 Å². The lowest BCUT2D eigenvalue weighted by Gasteiger charge is -2.22. The average molecular weight is 261 g/mol. The number of nitrogens with zero attached hydrogens (tertiary/aromatic N) is 2. The van der Waals surface area contributed by atoms with E-state index < -0.39 is 0 Å². The predicted molar refractivity (Wildman–Crippen MR) is 77.0 cm³/mol. The van der Waals surface area contributed by atoms with Crippen LogP contribution in [0.4, 0.5) is 5.82 Å². The van der Waals surface area contributed by atoms with Crippen LogP contribution in [0.25, 0.3) is 0 Å². The molecule has 0 radical (unpaired) electrons. The molecule has 0 bridgehead atoms. The van der Waals surface area contributed by atoms with Gasteiger partial charge in [0.1, 0.15) is 5.82 Å². The van der Waals surface area contributed by atoms with Crippen molar-refractivity contribution in [1.29, 1.82) is 0 Å². The van der Waals surface area contributed by atoms with E-state index in [9.17, 15) is 4.79 Å². The third-order valence-corrected chi connectivity index (χ3v) is 3.75. The Labute approximate surface area is 115 Å². The van der Waals surface area contributed by atoms with E-state index >= 15 is 0 Å². The van der Waals surface area contributed by atoms with Crippen LogP contribution in [0, 0.1) is 5.92 Å². The molecule has 1 fully saturated rings. The van der Waals surface area contributed by atoms with E-state index in [1.54, 1.807) is 6.07 Å². The smallest absolute Gasteiger partial charge is 0.254 e. The number of nitrogen functional groups attached to an aromatic ring is 1. The van der Waals surface area contributed by atoms with Gasteiger partial charge in [-0.05, 0) is 37.3 Å². The maximum absolute atomic E-state index is 12.6. The largest absolute Gasteiger partial charge is 0.384 e. The fourth-order valence-electron chi connectivity index (χ4n) is 2.74. The van der Waals surface area contributed by atoms with Gasteiger partial charge in [0.15, 0.2) is 0 Å². The molecule has 0 spiro atoms. The van der Waals surface area contributed by atoms with Crippen molar-refractivity contribution in [3.05, 3.63) is 23.4 Å². The third kappa shape index (κ3) is 2.88. The molecule has 2 unspecified atom stereocenters. The topological polar surface area (TPSA) is 59.2 Å². The molecule has 4 heteroatoms. The second-order valence-electron chi connectivity index (χ2n) is 6.01. The molecule has 1 aromatic heterocycles. The van der Waals surface area contributed by atoms with Gasteiger partial charge < -0.3 is 10.6 Å². The summed E-state index contributed by atoms with van der Waals surface area (Å²) in [6.45, 7) is 9.23. The van der Waals surface area contributed by atoms with E-state index in [-0.39, 0.29) is 11.8 Å². The fraction of sp³-hybridized carbons (Fsp3) is 0.600. The number of carbonyl (C=O) groups excluding carboxylic acids is 1. The van der Waals surface area contributed by atoms with Crippen molar-refractivity contribution in [3.8, 4) is 0 Å². The minimum atomic E-state index is 0.0767. The molecule has 0 aliphatic carbocycles. The van der Waals surface area contributed by atoms with Crippen LogP contribution in [0.3, 0.4) is 0 Å². The second kappa shape index (κ2) is 5.19. The van der Waals surface area contributed by atoms with Gasteiger partial charge in [-0.2, -0.15) is 0 Å². The van der Waals surface area contributed by atoms with E-state index in [0.29, 0.717) is 23.3 Å². The Kier molecular flexibility index (Phi) is 3.78. The van der Waals surface area contributed by atoms with Crippen molar-refractivity contribution in [2.24, 2.45) is 5.92 Å². The number of hydrogen-bond donors (Lipinski definition) is 1. The molecule has 0 saturated carbocycles. The van der Waals surface area contributed by atoms with Crippen LogP contribution in [0.1, 0.15) is 56.1 Å². The van der Waals surface area contributed by atoms with Gasteiger partial charge in [0.25, 0.3) is 5.91 Å². The van der Waals surface area contributed by atoms with Crippen molar-refractivity contribution in [2.75, 3.05) is 12.3 Å². The van der Waals surface area contributed by atoms with Gasteiger partial charge in [0.2, 0.25) is 0 Å². The van der Waals surface area contributed by atoms with Gasteiger partial charge >= 0.3 is 0 Å². The Balaban J connectivity index is 2.29. The molecular formula is C15H23N3O. The van der Waals surface area contributed by atoms with Crippen LogP contribution >= 0.6 is 0 Å². The second-order valence-corrected chi connectivity index (χ2v) is 6.01.